The largest absolute Gasteiger partial charge is 0.352 e. The first-order valence-corrected chi connectivity index (χ1v) is 8.22. The Morgan fingerprint density at radius 2 is 1.62 bits per heavy atom. The van der Waals surface area contributed by atoms with Crippen molar-refractivity contribution in [1.82, 2.24) is 9.97 Å². The third-order valence-corrected chi connectivity index (χ3v) is 3.68. The summed E-state index contributed by atoms with van der Waals surface area (Å²) in [5.41, 5.74) is 2.70. The first-order valence-electron chi connectivity index (χ1n) is 7.84. The number of nitrogens with zero attached hydrogens (tertiary/aromatic N) is 2. The van der Waals surface area contributed by atoms with Crippen LogP contribution < -0.4 is 10.6 Å². The van der Waals surface area contributed by atoms with Crippen LogP contribution in [0.2, 0.25) is 5.02 Å². The molecule has 0 spiro atoms. The fourth-order valence-corrected chi connectivity index (χ4v) is 2.47. The molecular weight excluding hydrogens is 320 g/mol. The fourth-order valence-electron chi connectivity index (χ4n) is 2.29. The molecule has 0 unspecified atom stereocenters. The van der Waals surface area contributed by atoms with Gasteiger partial charge in [-0.25, -0.2) is 4.98 Å². The monoisotopic (exact) mass is 338 g/mol. The highest BCUT2D eigenvalue weighted by atomic mass is 35.5. The van der Waals surface area contributed by atoms with E-state index in [1.807, 2.05) is 60.7 Å². The Morgan fingerprint density at radius 1 is 0.917 bits per heavy atom. The van der Waals surface area contributed by atoms with Gasteiger partial charge in [-0.2, -0.15) is 4.98 Å². The molecule has 1 aromatic heterocycles. The molecule has 5 heteroatoms. The molecule has 0 fully saturated rings. The quantitative estimate of drug-likeness (QED) is 0.657. The predicted octanol–water partition coefficient (Wildman–Crippen LogP) is 5.36. The van der Waals surface area contributed by atoms with Gasteiger partial charge in [-0.1, -0.05) is 54.1 Å². The number of halogens is 1. The van der Waals surface area contributed by atoms with E-state index >= 15 is 0 Å². The molecule has 0 aliphatic rings. The smallest absolute Gasteiger partial charge is 0.225 e. The SMILES string of the molecule is CC(C)Nc1nc(Nc2ccccc2Cl)cc(-c2ccccc2)n1. The van der Waals surface area contributed by atoms with Gasteiger partial charge in [-0.05, 0) is 26.0 Å². The van der Waals surface area contributed by atoms with E-state index in [0.717, 1.165) is 16.9 Å². The van der Waals surface area contributed by atoms with Crippen LogP contribution in [0.3, 0.4) is 0 Å². The molecular formula is C19H19ClN4. The minimum Gasteiger partial charge on any atom is -0.352 e. The number of para-hydroxylation sites is 1. The minimum absolute atomic E-state index is 0.240. The van der Waals surface area contributed by atoms with Crippen LogP contribution in [0, 0.1) is 0 Å². The van der Waals surface area contributed by atoms with E-state index in [0.29, 0.717) is 16.8 Å². The first-order chi connectivity index (χ1) is 11.6. The molecule has 24 heavy (non-hydrogen) atoms. The van der Waals surface area contributed by atoms with Gasteiger partial charge in [0.05, 0.1) is 16.4 Å². The molecule has 0 bridgehead atoms. The maximum atomic E-state index is 6.23. The van der Waals surface area contributed by atoms with Gasteiger partial charge < -0.3 is 10.6 Å². The highest BCUT2D eigenvalue weighted by Crippen LogP contribution is 2.27. The van der Waals surface area contributed by atoms with Gasteiger partial charge in [0.2, 0.25) is 5.95 Å². The number of benzene rings is 2. The maximum Gasteiger partial charge on any atom is 0.225 e. The van der Waals surface area contributed by atoms with Crippen molar-refractivity contribution in [1.29, 1.82) is 0 Å². The van der Waals surface area contributed by atoms with E-state index in [4.69, 9.17) is 11.6 Å². The van der Waals surface area contributed by atoms with Crippen LogP contribution in [-0.4, -0.2) is 16.0 Å². The van der Waals surface area contributed by atoms with Crippen molar-refractivity contribution in [2.45, 2.75) is 19.9 Å². The van der Waals surface area contributed by atoms with Crippen LogP contribution in [0.15, 0.2) is 60.7 Å². The number of nitrogens with one attached hydrogen (secondary N) is 2. The molecule has 3 aromatic rings. The summed E-state index contributed by atoms with van der Waals surface area (Å²) < 4.78 is 0. The van der Waals surface area contributed by atoms with Crippen molar-refractivity contribution in [3.05, 3.63) is 65.7 Å². The third kappa shape index (κ3) is 4.03. The van der Waals surface area contributed by atoms with Crippen LogP contribution in [0.4, 0.5) is 17.5 Å². The standard InChI is InChI=1S/C19H19ClN4/c1-13(2)21-19-23-17(14-8-4-3-5-9-14)12-18(24-19)22-16-11-7-6-10-15(16)20/h3-13H,1-2H3,(H2,21,22,23,24). The first kappa shape index (κ1) is 16.3. The van der Waals surface area contributed by atoms with Gasteiger partial charge in [0.25, 0.3) is 0 Å². The van der Waals surface area contributed by atoms with E-state index in [2.05, 4.69) is 34.4 Å². The lowest BCUT2D eigenvalue weighted by molar-refractivity contribution is 0.876. The van der Waals surface area contributed by atoms with Crippen LogP contribution in [0.5, 0.6) is 0 Å². The number of hydrogen-bond acceptors (Lipinski definition) is 4. The van der Waals surface area contributed by atoms with Crippen LogP contribution in [0.25, 0.3) is 11.3 Å². The van der Waals surface area contributed by atoms with Gasteiger partial charge in [-0.3, -0.25) is 0 Å². The average molecular weight is 339 g/mol. The molecule has 122 valence electrons. The zero-order valence-electron chi connectivity index (χ0n) is 13.6. The second-order valence-corrected chi connectivity index (χ2v) is 6.14. The summed E-state index contributed by atoms with van der Waals surface area (Å²) >= 11 is 6.23. The minimum atomic E-state index is 0.240. The Bertz CT molecular complexity index is 819. The Morgan fingerprint density at radius 3 is 2.33 bits per heavy atom. The summed E-state index contributed by atoms with van der Waals surface area (Å²) in [6.07, 6.45) is 0. The van der Waals surface area contributed by atoms with Gasteiger partial charge in [0, 0.05) is 17.7 Å². The van der Waals surface area contributed by atoms with Crippen molar-refractivity contribution in [3.8, 4) is 11.3 Å². The molecule has 0 amide bonds. The Labute approximate surface area is 146 Å². The number of anilines is 3. The van der Waals surface area contributed by atoms with Crippen molar-refractivity contribution in [2.75, 3.05) is 10.6 Å². The van der Waals surface area contributed by atoms with Crippen LogP contribution in [-0.2, 0) is 0 Å². The lowest BCUT2D eigenvalue weighted by Crippen LogP contribution is -2.13. The normalized spacial score (nSPS) is 10.7. The molecule has 0 aliphatic heterocycles. The highest BCUT2D eigenvalue weighted by Gasteiger charge is 2.09. The number of aromatic nitrogens is 2. The summed E-state index contributed by atoms with van der Waals surface area (Å²) in [5.74, 6) is 1.28. The predicted molar refractivity (Wildman–Crippen MR) is 101 cm³/mol. The zero-order chi connectivity index (χ0) is 16.9. The summed E-state index contributed by atoms with van der Waals surface area (Å²) in [6.45, 7) is 4.11. The van der Waals surface area contributed by atoms with Gasteiger partial charge in [0.15, 0.2) is 0 Å². The molecule has 4 nitrogen and oxygen atoms in total. The van der Waals surface area contributed by atoms with Crippen molar-refractivity contribution in [3.63, 3.8) is 0 Å². The van der Waals surface area contributed by atoms with Crippen LogP contribution >= 0.6 is 11.6 Å². The van der Waals surface area contributed by atoms with Crippen LogP contribution in [0.1, 0.15) is 13.8 Å². The van der Waals surface area contributed by atoms with Crippen molar-refractivity contribution in [2.24, 2.45) is 0 Å². The number of hydrogen-bond donors (Lipinski definition) is 2. The summed E-state index contributed by atoms with van der Waals surface area (Å²) in [4.78, 5) is 9.16. The van der Waals surface area contributed by atoms with Gasteiger partial charge >= 0.3 is 0 Å². The van der Waals surface area contributed by atoms with Crippen molar-refractivity contribution < 1.29 is 0 Å². The average Bonchev–Trinajstić information content (AvgIpc) is 2.57. The summed E-state index contributed by atoms with van der Waals surface area (Å²) in [5, 5.41) is 7.18. The van der Waals surface area contributed by atoms with E-state index in [1.165, 1.54) is 0 Å². The zero-order valence-corrected chi connectivity index (χ0v) is 14.4. The molecule has 0 atom stereocenters. The maximum absolute atomic E-state index is 6.23. The fraction of sp³-hybridized carbons (Fsp3) is 0.158. The third-order valence-electron chi connectivity index (χ3n) is 3.35. The molecule has 0 saturated carbocycles. The summed E-state index contributed by atoms with van der Waals surface area (Å²) in [6, 6.07) is 19.8. The number of rotatable bonds is 5. The van der Waals surface area contributed by atoms with Crippen molar-refractivity contribution >= 4 is 29.1 Å². The van der Waals surface area contributed by atoms with E-state index in [9.17, 15) is 0 Å². The lowest BCUT2D eigenvalue weighted by Gasteiger charge is -2.13. The second kappa shape index (κ2) is 7.32. The van der Waals surface area contributed by atoms with E-state index < -0.39 is 0 Å². The van der Waals surface area contributed by atoms with E-state index in [1.54, 1.807) is 0 Å². The molecule has 0 aliphatic carbocycles. The van der Waals surface area contributed by atoms with Gasteiger partial charge in [-0.15, -0.1) is 0 Å². The Kier molecular flexibility index (Phi) is 4.96. The molecule has 2 aromatic carbocycles. The molecule has 3 rings (SSSR count). The second-order valence-electron chi connectivity index (χ2n) is 5.73. The summed E-state index contributed by atoms with van der Waals surface area (Å²) in [7, 11) is 0. The molecule has 1 heterocycles. The Hall–Kier alpha value is -2.59. The van der Waals surface area contributed by atoms with E-state index in [-0.39, 0.29) is 6.04 Å². The lowest BCUT2D eigenvalue weighted by atomic mass is 10.1. The molecule has 0 radical (unpaired) electrons. The van der Waals surface area contributed by atoms with Gasteiger partial charge in [0.1, 0.15) is 5.82 Å². The topological polar surface area (TPSA) is 49.8 Å². The highest BCUT2D eigenvalue weighted by molar-refractivity contribution is 6.33. The molecule has 0 saturated heterocycles. The molecule has 2 N–H and O–H groups in total. The Balaban J connectivity index is 2.00.